The van der Waals surface area contributed by atoms with E-state index in [1.807, 2.05) is 36.4 Å². The van der Waals surface area contributed by atoms with Crippen molar-refractivity contribution in [1.29, 1.82) is 0 Å². The van der Waals surface area contributed by atoms with Crippen molar-refractivity contribution in [3.05, 3.63) is 53.0 Å². The van der Waals surface area contributed by atoms with E-state index in [2.05, 4.69) is 23.4 Å². The highest BCUT2D eigenvalue weighted by Crippen LogP contribution is 2.24. The van der Waals surface area contributed by atoms with Crippen LogP contribution >= 0.6 is 11.3 Å². The molecule has 1 amide bonds. The van der Waals surface area contributed by atoms with Gasteiger partial charge in [0.05, 0.1) is 24.2 Å². The molecule has 2 aromatic carbocycles. The minimum Gasteiger partial charge on any atom is -0.484 e. The van der Waals surface area contributed by atoms with Crippen LogP contribution in [0.4, 0.5) is 5.13 Å². The summed E-state index contributed by atoms with van der Waals surface area (Å²) < 4.78 is 5.63. The molecule has 0 bridgehead atoms. The van der Waals surface area contributed by atoms with Gasteiger partial charge in [0.15, 0.2) is 11.7 Å². The molecule has 0 fully saturated rings. The highest BCUT2D eigenvalue weighted by molar-refractivity contribution is 7.15. The third-order valence-corrected chi connectivity index (χ3v) is 5.38. The maximum absolute atomic E-state index is 12.2. The summed E-state index contributed by atoms with van der Waals surface area (Å²) in [6, 6.07) is 13.9. The Labute approximate surface area is 150 Å². The van der Waals surface area contributed by atoms with Gasteiger partial charge in [0.2, 0.25) is 0 Å². The zero-order valence-corrected chi connectivity index (χ0v) is 14.9. The number of quaternary nitrogens is 1. The van der Waals surface area contributed by atoms with Gasteiger partial charge in [-0.3, -0.25) is 10.1 Å². The number of nitrogens with zero attached hydrogens (tertiary/aromatic N) is 1. The van der Waals surface area contributed by atoms with Crippen LogP contribution in [0.3, 0.4) is 0 Å². The van der Waals surface area contributed by atoms with Gasteiger partial charge in [0.1, 0.15) is 12.3 Å². The number of thiazole rings is 1. The molecule has 5 nitrogen and oxygen atoms in total. The van der Waals surface area contributed by atoms with Crippen molar-refractivity contribution >= 4 is 33.1 Å². The van der Waals surface area contributed by atoms with Crippen LogP contribution in [0.2, 0.25) is 0 Å². The summed E-state index contributed by atoms with van der Waals surface area (Å²) in [6.07, 6.45) is 0.973. The summed E-state index contributed by atoms with van der Waals surface area (Å²) in [5, 5.41) is 5.78. The highest BCUT2D eigenvalue weighted by Gasteiger charge is 2.21. The number of carbonyl (C=O) groups is 1. The molecular weight excluding hydrogens is 334 g/mol. The molecule has 1 atom stereocenters. The van der Waals surface area contributed by atoms with E-state index in [0.29, 0.717) is 10.9 Å². The maximum Gasteiger partial charge on any atom is 0.264 e. The molecule has 25 heavy (non-hydrogen) atoms. The van der Waals surface area contributed by atoms with Gasteiger partial charge in [0, 0.05) is 6.42 Å². The van der Waals surface area contributed by atoms with Crippen LogP contribution in [-0.4, -0.2) is 31.1 Å². The molecule has 0 saturated carbocycles. The van der Waals surface area contributed by atoms with E-state index in [1.165, 1.54) is 9.78 Å². The Kier molecular flexibility index (Phi) is 4.38. The Balaban J connectivity index is 1.37. The Morgan fingerprint density at radius 1 is 1.28 bits per heavy atom. The van der Waals surface area contributed by atoms with Gasteiger partial charge in [0.25, 0.3) is 5.91 Å². The SMILES string of the molecule is C[NH+]1CCc2nc(NC(=O)COc3ccc4ccccc4c3)sc2C1. The molecule has 1 aliphatic heterocycles. The number of benzene rings is 2. The van der Waals surface area contributed by atoms with E-state index in [-0.39, 0.29) is 12.5 Å². The summed E-state index contributed by atoms with van der Waals surface area (Å²) in [6.45, 7) is 2.05. The lowest BCUT2D eigenvalue weighted by molar-refractivity contribution is -0.895. The topological polar surface area (TPSA) is 55.7 Å². The van der Waals surface area contributed by atoms with E-state index < -0.39 is 0 Å². The Morgan fingerprint density at radius 2 is 2.12 bits per heavy atom. The summed E-state index contributed by atoms with van der Waals surface area (Å²) in [7, 11) is 2.18. The molecule has 4 rings (SSSR count). The highest BCUT2D eigenvalue weighted by atomic mass is 32.1. The average Bonchev–Trinajstić information content (AvgIpc) is 3.01. The lowest BCUT2D eigenvalue weighted by Crippen LogP contribution is -3.08. The predicted octanol–water partition coefficient (Wildman–Crippen LogP) is 1.88. The minimum absolute atomic E-state index is 0.0201. The van der Waals surface area contributed by atoms with Crippen LogP contribution in [0.1, 0.15) is 10.6 Å². The van der Waals surface area contributed by atoms with Crippen LogP contribution in [0.25, 0.3) is 10.8 Å². The maximum atomic E-state index is 12.2. The van der Waals surface area contributed by atoms with Gasteiger partial charge in [-0.25, -0.2) is 4.98 Å². The third-order valence-electron chi connectivity index (χ3n) is 4.37. The smallest absolute Gasteiger partial charge is 0.264 e. The van der Waals surface area contributed by atoms with Crippen molar-refractivity contribution in [2.24, 2.45) is 0 Å². The molecule has 2 heterocycles. The van der Waals surface area contributed by atoms with Crippen molar-refractivity contribution in [1.82, 2.24) is 4.98 Å². The summed E-state index contributed by atoms with van der Waals surface area (Å²) in [4.78, 5) is 19.4. The van der Waals surface area contributed by atoms with Crippen molar-refractivity contribution in [3.8, 4) is 5.75 Å². The lowest BCUT2D eigenvalue weighted by atomic mass is 10.1. The predicted molar refractivity (Wildman–Crippen MR) is 99.3 cm³/mol. The van der Waals surface area contributed by atoms with Crippen LogP contribution in [0.15, 0.2) is 42.5 Å². The fraction of sp³-hybridized carbons (Fsp3) is 0.263. The van der Waals surface area contributed by atoms with Gasteiger partial charge in [-0.15, -0.1) is 0 Å². The van der Waals surface area contributed by atoms with E-state index in [9.17, 15) is 4.79 Å². The number of carbonyl (C=O) groups excluding carboxylic acids is 1. The summed E-state index contributed by atoms with van der Waals surface area (Å²) in [5.41, 5.74) is 1.13. The van der Waals surface area contributed by atoms with Crippen molar-refractivity contribution in [3.63, 3.8) is 0 Å². The molecule has 6 heteroatoms. The van der Waals surface area contributed by atoms with E-state index in [1.54, 1.807) is 11.3 Å². The Hall–Kier alpha value is -2.44. The lowest BCUT2D eigenvalue weighted by Gasteiger charge is -2.17. The number of hydrogen-bond acceptors (Lipinski definition) is 4. The Morgan fingerprint density at radius 3 is 3.00 bits per heavy atom. The van der Waals surface area contributed by atoms with Gasteiger partial charge in [-0.05, 0) is 22.9 Å². The molecule has 2 N–H and O–H groups in total. The Bertz CT molecular complexity index is 922. The number of aromatic nitrogens is 1. The monoisotopic (exact) mass is 354 g/mol. The fourth-order valence-electron chi connectivity index (χ4n) is 3.03. The second-order valence-electron chi connectivity index (χ2n) is 6.37. The first kappa shape index (κ1) is 16.1. The van der Waals surface area contributed by atoms with E-state index >= 15 is 0 Å². The van der Waals surface area contributed by atoms with E-state index in [0.717, 1.165) is 36.0 Å². The van der Waals surface area contributed by atoms with Gasteiger partial charge in [-0.2, -0.15) is 0 Å². The number of ether oxygens (including phenoxy) is 1. The molecule has 1 unspecified atom stereocenters. The zero-order valence-electron chi connectivity index (χ0n) is 14.0. The molecule has 0 saturated heterocycles. The number of hydrogen-bond donors (Lipinski definition) is 2. The van der Waals surface area contributed by atoms with Gasteiger partial charge in [-0.1, -0.05) is 41.7 Å². The number of anilines is 1. The molecule has 3 aromatic rings. The molecular formula is C19H20N3O2S+. The quantitative estimate of drug-likeness (QED) is 0.752. The van der Waals surface area contributed by atoms with Crippen LogP contribution in [0.5, 0.6) is 5.75 Å². The number of amides is 1. The first-order chi connectivity index (χ1) is 12.2. The van der Waals surface area contributed by atoms with Crippen LogP contribution in [0, 0.1) is 0 Å². The largest absolute Gasteiger partial charge is 0.484 e. The van der Waals surface area contributed by atoms with Gasteiger partial charge < -0.3 is 9.64 Å². The minimum atomic E-state index is -0.181. The number of nitrogens with one attached hydrogen (secondary N) is 2. The number of likely N-dealkylation sites (N-methyl/N-ethyl adjacent to an activating group) is 1. The normalized spacial score (nSPS) is 16.4. The molecule has 0 radical (unpaired) electrons. The first-order valence-electron chi connectivity index (χ1n) is 8.39. The molecule has 0 spiro atoms. The fourth-order valence-corrected chi connectivity index (χ4v) is 4.16. The first-order valence-corrected chi connectivity index (χ1v) is 9.20. The van der Waals surface area contributed by atoms with Crippen molar-refractivity contribution < 1.29 is 14.4 Å². The average molecular weight is 354 g/mol. The van der Waals surface area contributed by atoms with Crippen molar-refractivity contribution in [2.75, 3.05) is 25.5 Å². The standard InChI is InChI=1S/C19H19N3O2S/c1-22-9-8-16-17(11-22)25-19(20-16)21-18(23)12-24-15-7-6-13-4-2-3-5-14(13)10-15/h2-7,10H,8-9,11-12H2,1H3,(H,20,21,23)/p+1. The van der Waals surface area contributed by atoms with E-state index in [4.69, 9.17) is 4.74 Å². The van der Waals surface area contributed by atoms with Crippen molar-refractivity contribution in [2.45, 2.75) is 13.0 Å². The van der Waals surface area contributed by atoms with Gasteiger partial charge >= 0.3 is 0 Å². The van der Waals surface area contributed by atoms with Crippen LogP contribution in [-0.2, 0) is 17.8 Å². The molecule has 1 aromatic heterocycles. The summed E-state index contributed by atoms with van der Waals surface area (Å²) >= 11 is 1.57. The molecule has 0 aliphatic carbocycles. The van der Waals surface area contributed by atoms with Crippen LogP contribution < -0.4 is 15.0 Å². The number of fused-ring (bicyclic) bond motifs is 2. The molecule has 128 valence electrons. The molecule has 1 aliphatic rings. The number of rotatable bonds is 4. The zero-order chi connectivity index (χ0) is 17.2. The third kappa shape index (κ3) is 3.65. The second-order valence-corrected chi connectivity index (χ2v) is 7.45. The second kappa shape index (κ2) is 6.82. The summed E-state index contributed by atoms with van der Waals surface area (Å²) in [5.74, 6) is 0.512.